The van der Waals surface area contributed by atoms with Crippen LogP contribution in [0.2, 0.25) is 10.0 Å². The second-order valence-electron chi connectivity index (χ2n) is 10.8. The molecule has 18 heteroatoms. The Morgan fingerprint density at radius 1 is 1.15 bits per heavy atom. The maximum Gasteiger partial charge on any atom is 0.410 e. The maximum atomic E-state index is 13.2. The topological polar surface area (TPSA) is 200 Å². The van der Waals surface area contributed by atoms with Gasteiger partial charge in [-0.3, -0.25) is 19.5 Å². The molecule has 3 aliphatic heterocycles. The molecule has 5 N–H and O–H groups in total. The van der Waals surface area contributed by atoms with Crippen molar-refractivity contribution in [3.63, 3.8) is 0 Å². The molecule has 246 valence electrons. The van der Waals surface area contributed by atoms with Gasteiger partial charge in [-0.05, 0) is 17.7 Å². The van der Waals surface area contributed by atoms with Gasteiger partial charge in [0.15, 0.2) is 11.6 Å². The normalized spacial score (nSPS) is 21.2. The van der Waals surface area contributed by atoms with E-state index < -0.39 is 57.1 Å². The number of oxime groups is 1. The number of hydrogen-bond acceptors (Lipinski definition) is 11. The van der Waals surface area contributed by atoms with Crippen molar-refractivity contribution in [2.45, 2.75) is 42.0 Å². The van der Waals surface area contributed by atoms with Crippen molar-refractivity contribution in [1.82, 2.24) is 25.6 Å². The number of carbonyl (C=O) groups excluding carboxylic acids is 2. The summed E-state index contributed by atoms with van der Waals surface area (Å²) in [5.74, 6) is -1.70. The SMILES string of the molecule is O=C(NCC(NS(=O)(=O)c1c(Cl)cccc1Cl)C(=O)O)C1=NO[C@]2(C1)CC(CNC1=NCCN1)N(C(=O)OCc1ccccc1)C2. The molecule has 2 unspecified atom stereocenters. The van der Waals surface area contributed by atoms with Gasteiger partial charge in [0.1, 0.15) is 23.3 Å². The minimum atomic E-state index is -4.47. The number of likely N-dealkylation sites (tertiary alicyclic amines) is 1. The van der Waals surface area contributed by atoms with Crippen LogP contribution in [0.4, 0.5) is 4.79 Å². The highest BCUT2D eigenvalue weighted by atomic mass is 35.5. The molecule has 15 nitrogen and oxygen atoms in total. The monoisotopic (exact) mass is 695 g/mol. The number of amides is 2. The van der Waals surface area contributed by atoms with Crippen LogP contribution in [0.5, 0.6) is 0 Å². The molecular formula is C28H31Cl2N7O8S. The third-order valence-electron chi connectivity index (χ3n) is 7.48. The highest BCUT2D eigenvalue weighted by Gasteiger charge is 2.53. The molecule has 2 aromatic carbocycles. The number of nitrogens with one attached hydrogen (secondary N) is 4. The van der Waals surface area contributed by atoms with Gasteiger partial charge in [-0.1, -0.05) is 64.8 Å². The Bertz CT molecular complexity index is 1640. The summed E-state index contributed by atoms with van der Waals surface area (Å²) >= 11 is 12.0. The van der Waals surface area contributed by atoms with E-state index in [9.17, 15) is 27.9 Å². The summed E-state index contributed by atoms with van der Waals surface area (Å²) in [4.78, 5) is 49.2. The second kappa shape index (κ2) is 14.1. The van der Waals surface area contributed by atoms with Crippen LogP contribution in [0.1, 0.15) is 18.4 Å². The average Bonchev–Trinajstić information content (AvgIpc) is 3.78. The number of carbonyl (C=O) groups is 3. The van der Waals surface area contributed by atoms with Crippen LogP contribution in [0, 0.1) is 0 Å². The number of aliphatic carboxylic acids is 1. The quantitative estimate of drug-likeness (QED) is 0.228. The molecule has 2 aromatic rings. The molecule has 0 radical (unpaired) electrons. The first-order chi connectivity index (χ1) is 22.0. The van der Waals surface area contributed by atoms with Crippen LogP contribution in [0.25, 0.3) is 0 Å². The lowest BCUT2D eigenvalue weighted by molar-refractivity contribution is -0.138. The predicted octanol–water partition coefficient (Wildman–Crippen LogP) is 1.32. The first-order valence-electron chi connectivity index (χ1n) is 14.2. The lowest BCUT2D eigenvalue weighted by atomic mass is 9.94. The van der Waals surface area contributed by atoms with Crippen molar-refractivity contribution in [1.29, 1.82) is 0 Å². The van der Waals surface area contributed by atoms with Crippen molar-refractivity contribution in [3.05, 3.63) is 64.1 Å². The number of guanidine groups is 1. The number of nitrogens with zero attached hydrogens (tertiary/aromatic N) is 3. The molecule has 1 fully saturated rings. The number of halogens is 2. The third kappa shape index (κ3) is 7.81. The zero-order chi connectivity index (χ0) is 32.9. The van der Waals surface area contributed by atoms with E-state index in [0.29, 0.717) is 32.0 Å². The molecule has 0 saturated carbocycles. The zero-order valence-electron chi connectivity index (χ0n) is 24.2. The van der Waals surface area contributed by atoms with Crippen molar-refractivity contribution < 1.29 is 37.5 Å². The molecule has 1 spiro atoms. The van der Waals surface area contributed by atoms with E-state index in [-0.39, 0.29) is 35.3 Å². The first kappa shape index (κ1) is 33.2. The molecule has 2 amide bonds. The molecule has 5 rings (SSSR count). The Morgan fingerprint density at radius 3 is 2.57 bits per heavy atom. The fourth-order valence-electron chi connectivity index (χ4n) is 5.27. The Balaban J connectivity index is 1.21. The van der Waals surface area contributed by atoms with Crippen LogP contribution < -0.4 is 20.7 Å². The summed E-state index contributed by atoms with van der Waals surface area (Å²) in [6.45, 7) is 1.18. The highest BCUT2D eigenvalue weighted by molar-refractivity contribution is 7.89. The van der Waals surface area contributed by atoms with Gasteiger partial charge in [0.2, 0.25) is 10.0 Å². The Hall–Kier alpha value is -4.12. The summed E-state index contributed by atoms with van der Waals surface area (Å²) in [7, 11) is -4.47. The number of carboxylic acids is 1. The number of benzene rings is 2. The molecule has 1 saturated heterocycles. The van der Waals surface area contributed by atoms with Gasteiger partial charge in [-0.2, -0.15) is 4.72 Å². The van der Waals surface area contributed by atoms with E-state index in [0.717, 1.165) is 5.56 Å². The Morgan fingerprint density at radius 2 is 1.89 bits per heavy atom. The molecule has 0 aliphatic carbocycles. The lowest BCUT2D eigenvalue weighted by Gasteiger charge is -2.24. The molecule has 0 aromatic heterocycles. The summed E-state index contributed by atoms with van der Waals surface area (Å²) < 4.78 is 33.3. The summed E-state index contributed by atoms with van der Waals surface area (Å²) in [5.41, 5.74) is -0.265. The fraction of sp³-hybridized carbons (Fsp3) is 0.393. The van der Waals surface area contributed by atoms with Gasteiger partial charge in [0.25, 0.3) is 5.91 Å². The van der Waals surface area contributed by atoms with Crippen LogP contribution >= 0.6 is 23.2 Å². The van der Waals surface area contributed by atoms with Crippen molar-refractivity contribution in [3.8, 4) is 0 Å². The van der Waals surface area contributed by atoms with Gasteiger partial charge in [0.05, 0.1) is 29.2 Å². The predicted molar refractivity (Wildman–Crippen MR) is 167 cm³/mol. The van der Waals surface area contributed by atoms with E-state index in [1.165, 1.54) is 23.1 Å². The van der Waals surface area contributed by atoms with E-state index in [1.54, 1.807) is 0 Å². The fourth-order valence-corrected chi connectivity index (χ4v) is 7.60. The molecule has 3 heterocycles. The van der Waals surface area contributed by atoms with E-state index in [1.807, 2.05) is 35.1 Å². The second-order valence-corrected chi connectivity index (χ2v) is 13.3. The standard InChI is InChI=1S/C28H31Cl2N7O8S/c29-19-7-4-8-20(30)23(19)46(42,43)36-22(25(39)40)14-33-24(38)21-12-28(45-35-21)11-18(13-34-26-31-9-10-32-26)37(16-28)27(41)44-15-17-5-2-1-3-6-17/h1-8,18,22,36H,9-16H2,(H,33,38)(H,39,40)(H2,31,32,34)/t18?,22?,28-/m0/s1. The summed E-state index contributed by atoms with van der Waals surface area (Å²) in [5, 5.41) is 21.9. The molecule has 0 bridgehead atoms. The van der Waals surface area contributed by atoms with E-state index in [2.05, 4.69) is 26.1 Å². The maximum absolute atomic E-state index is 13.2. The average molecular weight is 697 g/mol. The van der Waals surface area contributed by atoms with Gasteiger partial charge in [-0.15, -0.1) is 0 Å². The Labute approximate surface area is 274 Å². The first-order valence-corrected chi connectivity index (χ1v) is 16.4. The molecule has 3 aliphatic rings. The molecular weight excluding hydrogens is 665 g/mol. The largest absolute Gasteiger partial charge is 0.480 e. The number of hydrogen-bond donors (Lipinski definition) is 5. The van der Waals surface area contributed by atoms with Gasteiger partial charge in [-0.25, -0.2) is 13.2 Å². The van der Waals surface area contributed by atoms with Crippen LogP contribution in [-0.4, -0.2) is 98.5 Å². The number of carboxylic acid groups (broad SMARTS) is 1. The van der Waals surface area contributed by atoms with Crippen molar-refractivity contribution >= 4 is 62.9 Å². The molecule has 3 atom stereocenters. The number of ether oxygens (including phenoxy) is 1. The number of rotatable bonds is 11. The van der Waals surface area contributed by atoms with Gasteiger partial charge >= 0.3 is 12.1 Å². The number of aliphatic imine (C=N–C) groups is 1. The Kier molecular flexibility index (Phi) is 10.2. The minimum Gasteiger partial charge on any atom is -0.480 e. The summed E-state index contributed by atoms with van der Waals surface area (Å²) in [6.07, 6.45) is -0.245. The molecule has 46 heavy (non-hydrogen) atoms. The van der Waals surface area contributed by atoms with Crippen molar-refractivity contribution in [2.24, 2.45) is 10.1 Å². The smallest absolute Gasteiger partial charge is 0.410 e. The van der Waals surface area contributed by atoms with Crippen LogP contribution in [-0.2, 0) is 35.8 Å². The third-order valence-corrected chi connectivity index (χ3v) is 9.90. The zero-order valence-corrected chi connectivity index (χ0v) is 26.6. The summed E-state index contributed by atoms with van der Waals surface area (Å²) in [6, 6.07) is 11.1. The lowest BCUT2D eigenvalue weighted by Crippen LogP contribution is -2.49. The van der Waals surface area contributed by atoms with Gasteiger partial charge in [0, 0.05) is 32.5 Å². The minimum absolute atomic E-state index is 0.00961. The number of sulfonamides is 1. The van der Waals surface area contributed by atoms with Crippen LogP contribution in [0.15, 0.2) is 63.6 Å². The van der Waals surface area contributed by atoms with Crippen LogP contribution in [0.3, 0.4) is 0 Å². The van der Waals surface area contributed by atoms with Crippen molar-refractivity contribution in [2.75, 3.05) is 32.7 Å². The van der Waals surface area contributed by atoms with Gasteiger partial charge < -0.3 is 30.6 Å². The van der Waals surface area contributed by atoms with E-state index in [4.69, 9.17) is 32.8 Å². The van der Waals surface area contributed by atoms with E-state index >= 15 is 0 Å². The highest BCUT2D eigenvalue weighted by Crippen LogP contribution is 2.38.